The SMILES string of the molecule is CC(C)(C)C(C)(C)C(C)(C)C(C)(C)C1(C)C(C)(C)C(C)(C)C(C)(C)C1(C)C. The standard InChI is InChI=1S/C27H54/c1-19(2,3)20(4,5)21(6,7)24(12,13)27(18)25(14,15)22(8,9)23(10,11)26(27,16)17/h1-18H3. The molecule has 0 bridgehead atoms. The van der Waals surface area contributed by atoms with Gasteiger partial charge in [0.2, 0.25) is 0 Å². The zero-order valence-corrected chi connectivity index (χ0v) is 22.5. The number of hydrogen-bond donors (Lipinski definition) is 0. The second-order valence-corrected chi connectivity index (χ2v) is 14.8. The van der Waals surface area contributed by atoms with E-state index in [4.69, 9.17) is 0 Å². The molecular formula is C27H54. The van der Waals surface area contributed by atoms with Crippen molar-refractivity contribution < 1.29 is 0 Å². The van der Waals surface area contributed by atoms with E-state index in [0.717, 1.165) is 0 Å². The first kappa shape index (κ1) is 25.0. The lowest BCUT2D eigenvalue weighted by Crippen LogP contribution is -2.63. The Kier molecular flexibility index (Phi) is 5.17. The zero-order chi connectivity index (χ0) is 22.5. The van der Waals surface area contributed by atoms with Crippen LogP contribution in [0.5, 0.6) is 0 Å². The largest absolute Gasteiger partial charge is 0.0596 e. The van der Waals surface area contributed by atoms with E-state index < -0.39 is 0 Å². The lowest BCUT2D eigenvalue weighted by molar-refractivity contribution is -0.209. The fourth-order valence-corrected chi connectivity index (χ4v) is 7.50. The van der Waals surface area contributed by atoms with Gasteiger partial charge in [0.15, 0.2) is 0 Å². The Bertz CT molecular complexity index is 556. The summed E-state index contributed by atoms with van der Waals surface area (Å²) in [6.45, 7) is 45.5. The van der Waals surface area contributed by atoms with Crippen LogP contribution < -0.4 is 0 Å². The number of rotatable bonds is 3. The normalized spacial score (nSPS) is 26.9. The van der Waals surface area contributed by atoms with Gasteiger partial charge in [-0.15, -0.1) is 0 Å². The van der Waals surface area contributed by atoms with Crippen LogP contribution in [0.3, 0.4) is 0 Å². The Hall–Kier alpha value is 0. The Morgan fingerprint density at radius 2 is 0.630 bits per heavy atom. The molecule has 0 aromatic rings. The highest BCUT2D eigenvalue weighted by Gasteiger charge is 2.78. The quantitative estimate of drug-likeness (QED) is 0.459. The molecule has 0 amide bonds. The van der Waals surface area contributed by atoms with Crippen LogP contribution in [0.1, 0.15) is 125 Å². The van der Waals surface area contributed by atoms with Gasteiger partial charge in [-0.2, -0.15) is 0 Å². The lowest BCUT2D eigenvalue weighted by atomic mass is 9.36. The monoisotopic (exact) mass is 378 g/mol. The van der Waals surface area contributed by atoms with Gasteiger partial charge < -0.3 is 0 Å². The van der Waals surface area contributed by atoms with Crippen molar-refractivity contribution >= 4 is 0 Å². The van der Waals surface area contributed by atoms with Gasteiger partial charge in [-0.3, -0.25) is 0 Å². The first-order chi connectivity index (χ1) is 11.2. The molecule has 1 saturated carbocycles. The molecule has 1 rings (SSSR count). The molecule has 0 heteroatoms. The van der Waals surface area contributed by atoms with Crippen molar-refractivity contribution in [1.29, 1.82) is 0 Å². The Morgan fingerprint density at radius 1 is 0.370 bits per heavy atom. The van der Waals surface area contributed by atoms with Crippen LogP contribution in [0.2, 0.25) is 0 Å². The fraction of sp³-hybridized carbons (Fsp3) is 1.00. The van der Waals surface area contributed by atoms with Crippen LogP contribution in [0.4, 0.5) is 0 Å². The highest BCUT2D eigenvalue weighted by molar-refractivity contribution is 5.26. The van der Waals surface area contributed by atoms with Crippen molar-refractivity contribution in [1.82, 2.24) is 0 Å². The van der Waals surface area contributed by atoms with Gasteiger partial charge >= 0.3 is 0 Å². The van der Waals surface area contributed by atoms with E-state index in [9.17, 15) is 0 Å². The van der Waals surface area contributed by atoms with Crippen molar-refractivity contribution in [3.63, 3.8) is 0 Å². The third-order valence-electron chi connectivity index (χ3n) is 13.4. The predicted molar refractivity (Wildman–Crippen MR) is 124 cm³/mol. The molecule has 0 N–H and O–H groups in total. The minimum absolute atomic E-state index is 0.134. The van der Waals surface area contributed by atoms with Gasteiger partial charge in [-0.05, 0) is 48.7 Å². The van der Waals surface area contributed by atoms with Gasteiger partial charge in [-0.25, -0.2) is 0 Å². The molecular weight excluding hydrogens is 324 g/mol. The van der Waals surface area contributed by atoms with E-state index in [1.165, 1.54) is 0 Å². The highest BCUT2D eigenvalue weighted by atomic mass is 14.8. The highest BCUT2D eigenvalue weighted by Crippen LogP contribution is 2.84. The van der Waals surface area contributed by atoms with Crippen LogP contribution in [-0.4, -0.2) is 0 Å². The van der Waals surface area contributed by atoms with Crippen molar-refractivity contribution in [2.24, 2.45) is 48.7 Å². The molecule has 0 spiro atoms. The molecule has 1 aliphatic carbocycles. The Morgan fingerprint density at radius 3 is 0.852 bits per heavy atom. The summed E-state index contributed by atoms with van der Waals surface area (Å²) in [6.07, 6.45) is 0. The summed E-state index contributed by atoms with van der Waals surface area (Å²) in [5, 5.41) is 0. The number of hydrogen-bond acceptors (Lipinski definition) is 0. The van der Waals surface area contributed by atoms with Crippen molar-refractivity contribution in [3.8, 4) is 0 Å². The van der Waals surface area contributed by atoms with E-state index in [0.29, 0.717) is 0 Å². The summed E-state index contributed by atoms with van der Waals surface area (Å²) in [4.78, 5) is 0. The molecule has 0 aromatic carbocycles. The molecule has 0 radical (unpaired) electrons. The van der Waals surface area contributed by atoms with Crippen LogP contribution >= 0.6 is 0 Å². The van der Waals surface area contributed by atoms with E-state index in [1.54, 1.807) is 0 Å². The van der Waals surface area contributed by atoms with E-state index in [1.807, 2.05) is 0 Å². The first-order valence-corrected chi connectivity index (χ1v) is 11.2. The molecule has 27 heavy (non-hydrogen) atoms. The molecule has 0 aromatic heterocycles. The van der Waals surface area contributed by atoms with E-state index in [-0.39, 0.29) is 48.7 Å². The summed E-state index contributed by atoms with van der Waals surface area (Å²) in [6, 6.07) is 0. The second kappa shape index (κ2) is 5.57. The summed E-state index contributed by atoms with van der Waals surface area (Å²) in [5.41, 5.74) is 1.73. The van der Waals surface area contributed by atoms with E-state index in [2.05, 4.69) is 125 Å². The van der Waals surface area contributed by atoms with Crippen LogP contribution in [0.25, 0.3) is 0 Å². The summed E-state index contributed by atoms with van der Waals surface area (Å²) in [5.74, 6) is 0. The first-order valence-electron chi connectivity index (χ1n) is 11.2. The van der Waals surface area contributed by atoms with Crippen molar-refractivity contribution in [2.75, 3.05) is 0 Å². The molecule has 0 heterocycles. The van der Waals surface area contributed by atoms with E-state index >= 15 is 0 Å². The molecule has 162 valence electrons. The molecule has 0 atom stereocenters. The Labute approximate surface area is 173 Å². The third-order valence-corrected chi connectivity index (χ3v) is 13.4. The average molecular weight is 379 g/mol. The minimum atomic E-state index is 0.134. The molecule has 0 nitrogen and oxygen atoms in total. The summed E-state index contributed by atoms with van der Waals surface area (Å²) < 4.78 is 0. The van der Waals surface area contributed by atoms with Gasteiger partial charge in [0.1, 0.15) is 0 Å². The molecule has 0 saturated heterocycles. The maximum absolute atomic E-state index is 2.63. The second-order valence-electron chi connectivity index (χ2n) is 14.8. The van der Waals surface area contributed by atoms with Gasteiger partial charge in [0.25, 0.3) is 0 Å². The molecule has 1 fully saturated rings. The van der Waals surface area contributed by atoms with Gasteiger partial charge in [-0.1, -0.05) is 125 Å². The average Bonchev–Trinajstić information content (AvgIpc) is 2.47. The molecule has 0 aliphatic heterocycles. The van der Waals surface area contributed by atoms with Gasteiger partial charge in [0, 0.05) is 0 Å². The summed E-state index contributed by atoms with van der Waals surface area (Å²) >= 11 is 0. The van der Waals surface area contributed by atoms with Crippen LogP contribution in [0.15, 0.2) is 0 Å². The predicted octanol–water partition coefficient (Wildman–Crippen LogP) is 9.24. The van der Waals surface area contributed by atoms with Crippen LogP contribution in [-0.2, 0) is 0 Å². The maximum atomic E-state index is 2.63. The molecule has 1 aliphatic rings. The van der Waals surface area contributed by atoms with Crippen LogP contribution in [0, 0.1) is 48.7 Å². The van der Waals surface area contributed by atoms with Gasteiger partial charge in [0.05, 0.1) is 0 Å². The minimum Gasteiger partial charge on any atom is -0.0596 e. The Balaban J connectivity index is 3.95. The topological polar surface area (TPSA) is 0 Å². The lowest BCUT2D eigenvalue weighted by Gasteiger charge is -2.69. The summed E-state index contributed by atoms with van der Waals surface area (Å²) in [7, 11) is 0. The maximum Gasteiger partial charge on any atom is -0.0156 e. The fourth-order valence-electron chi connectivity index (χ4n) is 7.50. The zero-order valence-electron chi connectivity index (χ0n) is 22.5. The smallest absolute Gasteiger partial charge is 0.0156 e. The third kappa shape index (κ3) is 2.28. The molecule has 0 unspecified atom stereocenters. The van der Waals surface area contributed by atoms with Crippen molar-refractivity contribution in [2.45, 2.75) is 125 Å². The van der Waals surface area contributed by atoms with Crippen molar-refractivity contribution in [3.05, 3.63) is 0 Å².